The van der Waals surface area contributed by atoms with Crippen LogP contribution < -0.4 is 24.3 Å². The molecule has 4 aromatic heterocycles. The van der Waals surface area contributed by atoms with Crippen molar-refractivity contribution in [3.05, 3.63) is 48.4 Å². The Morgan fingerprint density at radius 2 is 1.12 bits per heavy atom. The van der Waals surface area contributed by atoms with Crippen molar-refractivity contribution in [3.8, 4) is 17.6 Å². The Balaban J connectivity index is 0.00000181. The van der Waals surface area contributed by atoms with Gasteiger partial charge in [0.25, 0.3) is 17.6 Å². The molecule has 0 aromatic carbocycles. The molecule has 0 spiro atoms. The SMILES string of the molecule is [CH2-][n+]1csc(Cc2nc(Nc3sc[n+]([CH2-])c3O)nc(Nc3sc[n+]([CH2-])c3O)n2)c1O.[Rf].[Rf].[Rf]. The Hall–Kier alpha value is -6.49. The quantitative estimate of drug-likeness (QED) is 0.143. The molecule has 17 heteroatoms. The van der Waals surface area contributed by atoms with Gasteiger partial charge in [0, 0.05) is 27.6 Å². The summed E-state index contributed by atoms with van der Waals surface area (Å²) in [4.78, 5) is 13.7. The third-order valence-electron chi connectivity index (χ3n) is 3.84. The summed E-state index contributed by atoms with van der Waals surface area (Å²) < 4.78 is 3.97. The van der Waals surface area contributed by atoms with Crippen LogP contribution in [-0.4, -0.2) is 30.3 Å². The van der Waals surface area contributed by atoms with Crippen molar-refractivity contribution in [3.63, 3.8) is 0 Å². The molecule has 0 saturated carbocycles. The smallest absolute Gasteiger partial charge is 0.295 e. The minimum absolute atomic E-state index is 0. The molecule has 11 nitrogen and oxygen atoms in total. The van der Waals surface area contributed by atoms with Crippen molar-refractivity contribution >= 4 is 55.9 Å². The molecule has 162 valence electrons. The van der Waals surface area contributed by atoms with E-state index in [1.54, 1.807) is 16.5 Å². The van der Waals surface area contributed by atoms with Crippen LogP contribution in [0.25, 0.3) is 0 Å². The van der Waals surface area contributed by atoms with Gasteiger partial charge < -0.3 is 26.0 Å². The second kappa shape index (κ2) is 8.89. The predicted octanol–water partition coefficient (Wildman–Crippen LogP) is 1.03. The topological polar surface area (TPSA) is 135 Å². The monoisotopic (exact) mass is 1270 g/mol. The van der Waals surface area contributed by atoms with Crippen molar-refractivity contribution < 1.29 is 29.0 Å². The summed E-state index contributed by atoms with van der Waals surface area (Å²) in [5, 5.41) is 36.9. The Bertz CT molecular complexity index is 1070. The molecule has 0 aliphatic heterocycles. The van der Waals surface area contributed by atoms with Crippen LogP contribution >= 0.6 is 34.0 Å². The number of nitrogens with one attached hydrogen (secondary N) is 2. The first-order chi connectivity index (χ1) is 14.3. The molecule has 4 heterocycles. The molecule has 0 amide bonds. The molecular weight excluding hydrogens is 1250 g/mol. The third kappa shape index (κ3) is 4.42. The molecule has 0 radical (unpaired) electrons. The molecule has 0 unspecified atom stereocenters. The minimum Gasteiger partial charge on any atom is -0.516 e. The fraction of sp³-hybridized carbons (Fsp3) is 0.0625. The van der Waals surface area contributed by atoms with E-state index in [0.717, 1.165) is 0 Å². The van der Waals surface area contributed by atoms with E-state index < -0.39 is 0 Å². The molecule has 0 aliphatic carbocycles. The zero-order chi connectivity index (χ0) is 21.4. The third-order valence-corrected chi connectivity index (χ3v) is 6.57. The van der Waals surface area contributed by atoms with Gasteiger partial charge in [0.15, 0.2) is 0 Å². The van der Waals surface area contributed by atoms with Crippen molar-refractivity contribution in [2.45, 2.75) is 6.42 Å². The van der Waals surface area contributed by atoms with E-state index in [9.17, 15) is 15.3 Å². The number of hydrogen-bond acceptors (Lipinski definition) is 11. The van der Waals surface area contributed by atoms with Crippen molar-refractivity contribution in [1.29, 1.82) is 0 Å². The van der Waals surface area contributed by atoms with Gasteiger partial charge in [-0.25, -0.2) is 0 Å². The summed E-state index contributed by atoms with van der Waals surface area (Å²) in [6, 6.07) is 0. The summed E-state index contributed by atoms with van der Waals surface area (Å²) >= 11 is 3.76. The minimum atomic E-state index is -0.0699. The van der Waals surface area contributed by atoms with Crippen molar-refractivity contribution in [1.82, 2.24) is 15.0 Å². The molecule has 0 atom stereocenters. The van der Waals surface area contributed by atoms with Crippen LogP contribution in [0.5, 0.6) is 17.6 Å². The Morgan fingerprint density at radius 1 is 0.697 bits per heavy atom. The molecule has 4 rings (SSSR count). The van der Waals surface area contributed by atoms with Gasteiger partial charge in [0.2, 0.25) is 11.9 Å². The second-order valence-corrected chi connectivity index (χ2v) is 8.61. The van der Waals surface area contributed by atoms with Gasteiger partial charge in [-0.15, -0.1) is 22.7 Å². The Labute approximate surface area is 182 Å². The van der Waals surface area contributed by atoms with Crippen LogP contribution in [0, 0.1) is 21.1 Å². The zero-order valence-electron chi connectivity index (χ0n) is 17.4. The summed E-state index contributed by atoms with van der Waals surface area (Å²) in [5.41, 5.74) is 4.90. The molecule has 0 saturated heterocycles. The van der Waals surface area contributed by atoms with Crippen LogP contribution in [0.4, 0.5) is 21.9 Å². The van der Waals surface area contributed by atoms with Crippen LogP contribution in [0.3, 0.4) is 0 Å². The first-order valence-corrected chi connectivity index (χ1v) is 10.8. The van der Waals surface area contributed by atoms with Crippen LogP contribution in [0.15, 0.2) is 16.5 Å². The second-order valence-electron chi connectivity index (χ2n) is 5.96. The van der Waals surface area contributed by atoms with Gasteiger partial charge in [0.1, 0.15) is 32.4 Å². The van der Waals surface area contributed by atoms with E-state index in [4.69, 9.17) is 0 Å². The number of rotatable bonds is 6. The average molecular weight is 1270 g/mol. The van der Waals surface area contributed by atoms with Gasteiger partial charge in [-0.3, -0.25) is 13.7 Å². The van der Waals surface area contributed by atoms with Crippen molar-refractivity contribution in [2.75, 3.05) is 10.6 Å². The number of anilines is 4. The molecule has 4 aromatic rings. The maximum absolute atomic E-state index is 10.1. The fourth-order valence-electron chi connectivity index (χ4n) is 2.34. The van der Waals surface area contributed by atoms with Gasteiger partial charge in [0.05, 0.1) is 4.88 Å². The summed E-state index contributed by atoms with van der Waals surface area (Å²) in [7, 11) is 11.0. The Morgan fingerprint density at radius 3 is 1.48 bits per heavy atom. The van der Waals surface area contributed by atoms with Crippen LogP contribution in [0.2, 0.25) is 0 Å². The van der Waals surface area contributed by atoms with Crippen LogP contribution in [0.1, 0.15) is 10.7 Å². The van der Waals surface area contributed by atoms with Gasteiger partial charge in [-0.05, 0) is 0 Å². The maximum atomic E-state index is 10.1. The first-order valence-electron chi connectivity index (χ1n) is 8.18. The number of hydrogen-bond donors (Lipinski definition) is 5. The summed E-state index contributed by atoms with van der Waals surface area (Å²) in [6.07, 6.45) is 0.225. The fourth-order valence-corrected chi connectivity index (χ4v) is 4.54. The van der Waals surface area contributed by atoms with E-state index in [-0.39, 0.29) is 36.0 Å². The average Bonchev–Trinajstić information content (AvgIpc) is 3.32. The van der Waals surface area contributed by atoms with E-state index >= 15 is 0 Å². The maximum Gasteiger partial charge on any atom is 0.295 e. The number of aromatic hydroxyl groups is 3. The zero-order valence-corrected chi connectivity index (χ0v) is 39.1. The predicted molar refractivity (Wildman–Crippen MR) is 110 cm³/mol. The molecule has 0 aliphatic rings. The summed E-state index contributed by atoms with van der Waals surface area (Å²) in [5.74, 6) is 0.561. The van der Waals surface area contributed by atoms with Gasteiger partial charge in [-0.1, -0.05) is 0 Å². The number of thiazole rings is 3. The molecule has 0 bridgehead atoms. The van der Waals surface area contributed by atoms with E-state index in [2.05, 4.69) is 46.7 Å². The summed E-state index contributed by atoms with van der Waals surface area (Å²) in [6.45, 7) is 0. The standard InChI is InChI=1S/C16H16N8O3S3.3Rf/c1-22-5-28-8(12(22)25)4-9-17-15(19-10-13(26)23(2)6-29-10)21-16(18-9)20-11-14(27)24(3)7-30-11;;;/h5-7,25-27H,1-4H2,(H2,17,18,19,20,21);;;. The van der Waals surface area contributed by atoms with Crippen molar-refractivity contribution in [2.24, 2.45) is 0 Å². The number of nitrogens with zero attached hydrogens (tertiary/aromatic N) is 6. The molecular formula is C16H16N8O3Rf3S3. The largest absolute Gasteiger partial charge is 0.516 e. The normalized spacial score (nSPS) is 9.94. The van der Waals surface area contributed by atoms with Gasteiger partial charge in [-0.2, -0.15) is 26.3 Å². The van der Waals surface area contributed by atoms with E-state index in [1.807, 2.05) is 0 Å². The molecule has 0 fully saturated rings. The molecule has 33 heavy (non-hydrogen) atoms. The number of aromatic nitrogens is 6. The first kappa shape index (κ1) is 24.5. The van der Waals surface area contributed by atoms with Gasteiger partial charge >= 0.3 is 0 Å². The molecule has 5 N–H and O–H groups in total. The van der Waals surface area contributed by atoms with Crippen LogP contribution in [-0.2, 0) is 6.42 Å². The Kier molecular flexibility index (Phi) is 6.62. The van der Waals surface area contributed by atoms with E-state index in [0.29, 0.717) is 20.7 Å². The van der Waals surface area contributed by atoms with E-state index in [1.165, 1.54) is 47.7 Å².